The largest absolute Gasteiger partial charge is 0.469 e. The summed E-state index contributed by atoms with van der Waals surface area (Å²) in [5, 5.41) is 4.40. The van der Waals surface area contributed by atoms with E-state index in [2.05, 4.69) is 5.32 Å². The standard InChI is InChI=1S/C12H13Cl2NO2/c1-17-12(16)7-5-6-15-11(7)10-8(13)3-2-4-9(10)14/h2-4,7,11,15H,5-6H2,1H3/t7-,11-/m0/s1. The van der Waals surface area contributed by atoms with Gasteiger partial charge < -0.3 is 10.1 Å². The van der Waals surface area contributed by atoms with Crippen molar-refractivity contribution in [3.8, 4) is 0 Å². The molecule has 1 saturated heterocycles. The number of hydrogen-bond acceptors (Lipinski definition) is 3. The zero-order valence-electron chi connectivity index (χ0n) is 9.37. The predicted molar refractivity (Wildman–Crippen MR) is 67.3 cm³/mol. The molecule has 0 unspecified atom stereocenters. The highest BCUT2D eigenvalue weighted by atomic mass is 35.5. The zero-order chi connectivity index (χ0) is 12.4. The second kappa shape index (κ2) is 5.25. The van der Waals surface area contributed by atoms with Crippen LogP contribution in [0.25, 0.3) is 0 Å². The van der Waals surface area contributed by atoms with Crippen molar-refractivity contribution < 1.29 is 9.53 Å². The van der Waals surface area contributed by atoms with Crippen molar-refractivity contribution in [2.24, 2.45) is 5.92 Å². The first-order valence-corrected chi connectivity index (χ1v) is 6.16. The number of esters is 1. The number of hydrogen-bond donors (Lipinski definition) is 1. The number of benzene rings is 1. The van der Waals surface area contributed by atoms with Gasteiger partial charge in [-0.2, -0.15) is 0 Å². The first-order chi connectivity index (χ1) is 8.15. The van der Waals surface area contributed by atoms with Crippen LogP contribution in [0, 0.1) is 5.92 Å². The third-order valence-electron chi connectivity index (χ3n) is 3.04. The van der Waals surface area contributed by atoms with E-state index in [1.165, 1.54) is 7.11 Å². The molecule has 1 aliphatic heterocycles. The topological polar surface area (TPSA) is 38.3 Å². The Morgan fingerprint density at radius 3 is 2.65 bits per heavy atom. The van der Waals surface area contributed by atoms with Crippen LogP contribution in [0.4, 0.5) is 0 Å². The highest BCUT2D eigenvalue weighted by Crippen LogP contribution is 2.38. The van der Waals surface area contributed by atoms with Gasteiger partial charge in [-0.3, -0.25) is 4.79 Å². The zero-order valence-corrected chi connectivity index (χ0v) is 10.9. The maximum atomic E-state index is 11.7. The van der Waals surface area contributed by atoms with Gasteiger partial charge in [0.1, 0.15) is 0 Å². The van der Waals surface area contributed by atoms with Crippen molar-refractivity contribution >= 4 is 29.2 Å². The second-order valence-electron chi connectivity index (χ2n) is 3.99. The maximum Gasteiger partial charge on any atom is 0.310 e. The molecule has 3 nitrogen and oxygen atoms in total. The Morgan fingerprint density at radius 2 is 2.06 bits per heavy atom. The first kappa shape index (κ1) is 12.7. The van der Waals surface area contributed by atoms with Crippen molar-refractivity contribution in [3.05, 3.63) is 33.8 Å². The molecule has 0 bridgehead atoms. The first-order valence-electron chi connectivity index (χ1n) is 5.40. The van der Waals surface area contributed by atoms with E-state index < -0.39 is 0 Å². The quantitative estimate of drug-likeness (QED) is 0.843. The van der Waals surface area contributed by atoms with Gasteiger partial charge in [-0.15, -0.1) is 0 Å². The highest BCUT2D eigenvalue weighted by molar-refractivity contribution is 6.36. The van der Waals surface area contributed by atoms with Gasteiger partial charge in [-0.05, 0) is 25.1 Å². The lowest BCUT2D eigenvalue weighted by molar-refractivity contribution is -0.145. The van der Waals surface area contributed by atoms with Gasteiger partial charge in [0.2, 0.25) is 0 Å². The van der Waals surface area contributed by atoms with E-state index in [0.717, 1.165) is 18.5 Å². The predicted octanol–water partition coefficient (Wildman–Crippen LogP) is 2.82. The van der Waals surface area contributed by atoms with Crippen molar-refractivity contribution in [2.45, 2.75) is 12.5 Å². The number of methoxy groups -OCH3 is 1. The number of carbonyl (C=O) groups is 1. The summed E-state index contributed by atoms with van der Waals surface area (Å²) >= 11 is 12.3. The molecule has 17 heavy (non-hydrogen) atoms. The number of nitrogens with one attached hydrogen (secondary N) is 1. The minimum atomic E-state index is -0.226. The summed E-state index contributed by atoms with van der Waals surface area (Å²) in [5.41, 5.74) is 0.781. The molecule has 0 amide bonds. The molecule has 1 heterocycles. The van der Waals surface area contributed by atoms with Gasteiger partial charge in [0.05, 0.1) is 13.0 Å². The van der Waals surface area contributed by atoms with Gasteiger partial charge in [0.25, 0.3) is 0 Å². The molecular formula is C12H13Cl2NO2. The van der Waals surface area contributed by atoms with Crippen molar-refractivity contribution in [3.63, 3.8) is 0 Å². The van der Waals surface area contributed by atoms with Gasteiger partial charge in [0.15, 0.2) is 0 Å². The highest BCUT2D eigenvalue weighted by Gasteiger charge is 2.36. The smallest absolute Gasteiger partial charge is 0.310 e. The Bertz CT molecular complexity index is 416. The molecule has 1 fully saturated rings. The van der Waals surface area contributed by atoms with E-state index in [1.807, 2.05) is 0 Å². The Labute approximate surface area is 110 Å². The summed E-state index contributed by atoms with van der Waals surface area (Å²) in [5.74, 6) is -0.451. The van der Waals surface area contributed by atoms with Crippen LogP contribution in [-0.4, -0.2) is 19.6 Å². The fraction of sp³-hybridized carbons (Fsp3) is 0.417. The number of carbonyl (C=O) groups excluding carboxylic acids is 1. The lowest BCUT2D eigenvalue weighted by Crippen LogP contribution is -2.25. The summed E-state index contributed by atoms with van der Waals surface area (Å²) < 4.78 is 4.80. The summed E-state index contributed by atoms with van der Waals surface area (Å²) in [4.78, 5) is 11.7. The molecule has 2 rings (SSSR count). The van der Waals surface area contributed by atoms with Gasteiger partial charge in [-0.25, -0.2) is 0 Å². The molecule has 1 aliphatic rings. The van der Waals surface area contributed by atoms with E-state index >= 15 is 0 Å². The molecule has 0 aromatic heterocycles. The normalized spacial score (nSPS) is 23.7. The third kappa shape index (κ3) is 2.41. The van der Waals surface area contributed by atoms with Crippen LogP contribution >= 0.6 is 23.2 Å². The van der Waals surface area contributed by atoms with E-state index in [-0.39, 0.29) is 17.9 Å². The average molecular weight is 274 g/mol. The van der Waals surface area contributed by atoms with Crippen molar-refractivity contribution in [1.29, 1.82) is 0 Å². The van der Waals surface area contributed by atoms with Gasteiger partial charge >= 0.3 is 5.97 Å². The minimum Gasteiger partial charge on any atom is -0.469 e. The van der Waals surface area contributed by atoms with Crippen LogP contribution in [0.3, 0.4) is 0 Å². The Morgan fingerprint density at radius 1 is 1.41 bits per heavy atom. The molecule has 0 radical (unpaired) electrons. The SMILES string of the molecule is COC(=O)[C@H]1CCN[C@@H]1c1c(Cl)cccc1Cl. The molecule has 1 aromatic rings. The fourth-order valence-corrected chi connectivity index (χ4v) is 2.85. The van der Waals surface area contributed by atoms with Crippen LogP contribution in [0.1, 0.15) is 18.0 Å². The van der Waals surface area contributed by atoms with Crippen LogP contribution in [-0.2, 0) is 9.53 Å². The molecule has 2 atom stereocenters. The van der Waals surface area contributed by atoms with E-state index in [4.69, 9.17) is 27.9 Å². The van der Waals surface area contributed by atoms with Crippen LogP contribution < -0.4 is 5.32 Å². The summed E-state index contributed by atoms with van der Waals surface area (Å²) in [6, 6.07) is 5.17. The van der Waals surface area contributed by atoms with Gasteiger partial charge in [0, 0.05) is 21.7 Å². The second-order valence-corrected chi connectivity index (χ2v) is 4.80. The van der Waals surface area contributed by atoms with Crippen LogP contribution in [0.5, 0.6) is 0 Å². The molecule has 1 N–H and O–H groups in total. The van der Waals surface area contributed by atoms with E-state index in [9.17, 15) is 4.79 Å². The molecular weight excluding hydrogens is 261 g/mol. The van der Waals surface area contributed by atoms with E-state index in [1.54, 1.807) is 18.2 Å². The molecule has 5 heteroatoms. The molecule has 0 aliphatic carbocycles. The maximum absolute atomic E-state index is 11.7. The molecule has 0 spiro atoms. The fourth-order valence-electron chi connectivity index (χ4n) is 2.22. The Kier molecular flexibility index (Phi) is 3.92. The van der Waals surface area contributed by atoms with Crippen molar-refractivity contribution in [1.82, 2.24) is 5.32 Å². The summed E-state index contributed by atoms with van der Waals surface area (Å²) in [6.07, 6.45) is 0.735. The Balaban J connectivity index is 2.36. The number of rotatable bonds is 2. The average Bonchev–Trinajstić information content (AvgIpc) is 2.77. The Hall–Kier alpha value is -0.770. The van der Waals surface area contributed by atoms with Crippen LogP contribution in [0.15, 0.2) is 18.2 Å². The molecule has 1 aromatic carbocycles. The monoisotopic (exact) mass is 273 g/mol. The minimum absolute atomic E-state index is 0.163. The van der Waals surface area contributed by atoms with Crippen molar-refractivity contribution in [2.75, 3.05) is 13.7 Å². The number of ether oxygens (including phenoxy) is 1. The lowest BCUT2D eigenvalue weighted by Gasteiger charge is -2.20. The summed E-state index contributed by atoms with van der Waals surface area (Å²) in [6.45, 7) is 0.756. The third-order valence-corrected chi connectivity index (χ3v) is 3.70. The number of halogens is 2. The molecule has 92 valence electrons. The van der Waals surface area contributed by atoms with Crippen LogP contribution in [0.2, 0.25) is 10.0 Å². The van der Waals surface area contributed by atoms with Gasteiger partial charge in [-0.1, -0.05) is 29.3 Å². The molecule has 0 saturated carbocycles. The summed E-state index contributed by atoms with van der Waals surface area (Å²) in [7, 11) is 1.39. The lowest BCUT2D eigenvalue weighted by atomic mass is 9.94. The van der Waals surface area contributed by atoms with E-state index in [0.29, 0.717) is 10.0 Å².